The number of carbonyl (C=O) groups excluding carboxylic acids is 1. The van der Waals surface area contributed by atoms with Gasteiger partial charge >= 0.3 is 0 Å². The molecule has 0 aliphatic carbocycles. The molecule has 68 valence electrons. The van der Waals surface area contributed by atoms with Crippen molar-refractivity contribution in [3.8, 4) is 0 Å². The van der Waals surface area contributed by atoms with Gasteiger partial charge in [0.25, 0.3) is 0 Å². The predicted molar refractivity (Wildman–Crippen MR) is 54.7 cm³/mol. The molecule has 0 saturated carbocycles. The third-order valence-electron chi connectivity index (χ3n) is 1.46. The molecule has 0 aromatic heterocycles. The molecule has 0 heterocycles. The molecule has 1 nitrogen and oxygen atoms in total. The van der Waals surface area contributed by atoms with Crippen LogP contribution in [-0.4, -0.2) is 30.8 Å². The van der Waals surface area contributed by atoms with E-state index in [4.69, 9.17) is 0 Å². The zero-order chi connectivity index (χ0) is 9.12. The lowest BCUT2D eigenvalue weighted by Gasteiger charge is -2.35. The molecule has 0 saturated heterocycles. The monoisotopic (exact) mass is 176 g/mol. The highest BCUT2D eigenvalue weighted by molar-refractivity contribution is 8.32. The van der Waals surface area contributed by atoms with E-state index in [1.54, 1.807) is 0 Å². The second-order valence-electron chi connectivity index (χ2n) is 4.77. The molecule has 0 N–H and O–H groups in total. The minimum absolute atomic E-state index is 0.204. The van der Waals surface area contributed by atoms with E-state index in [9.17, 15) is 4.79 Å². The number of carbonyl (C=O) groups is 1. The van der Waals surface area contributed by atoms with Crippen molar-refractivity contribution >= 4 is 16.3 Å². The van der Waals surface area contributed by atoms with E-state index in [0.29, 0.717) is 6.42 Å². The van der Waals surface area contributed by atoms with E-state index in [0.717, 1.165) is 6.29 Å². The molecular weight excluding hydrogens is 156 g/mol. The molecule has 0 fully saturated rings. The van der Waals surface area contributed by atoms with Crippen LogP contribution >= 0.6 is 10.0 Å². The summed E-state index contributed by atoms with van der Waals surface area (Å²) in [7, 11) is -0.463. The van der Waals surface area contributed by atoms with Crippen LogP contribution < -0.4 is 0 Å². The molecule has 0 aromatic rings. The van der Waals surface area contributed by atoms with Crippen LogP contribution in [0, 0.1) is 5.41 Å². The number of hydrogen-bond acceptors (Lipinski definition) is 1. The first-order valence-electron chi connectivity index (χ1n) is 3.86. The minimum atomic E-state index is -0.463. The molecule has 2 heteroatoms. The zero-order valence-corrected chi connectivity index (χ0v) is 9.12. The minimum Gasteiger partial charge on any atom is -0.303 e. The van der Waals surface area contributed by atoms with Crippen molar-refractivity contribution in [2.45, 2.75) is 20.3 Å². The zero-order valence-electron chi connectivity index (χ0n) is 8.31. The van der Waals surface area contributed by atoms with Crippen molar-refractivity contribution in [2.75, 3.05) is 24.5 Å². The van der Waals surface area contributed by atoms with Crippen LogP contribution in [0.3, 0.4) is 0 Å². The van der Waals surface area contributed by atoms with Gasteiger partial charge in [-0.2, -0.15) is 0 Å². The molecule has 0 atom stereocenters. The first-order valence-corrected chi connectivity index (χ1v) is 6.89. The Bertz CT molecular complexity index is 133. The Morgan fingerprint density at radius 3 is 2.00 bits per heavy atom. The molecule has 0 spiro atoms. The Morgan fingerprint density at radius 2 is 1.73 bits per heavy atom. The normalized spacial score (nSPS) is 14.6. The highest BCUT2D eigenvalue weighted by atomic mass is 32.3. The molecule has 0 rings (SSSR count). The average Bonchev–Trinajstić information content (AvgIpc) is 1.55. The maximum Gasteiger partial charge on any atom is 0.120 e. The van der Waals surface area contributed by atoms with Crippen molar-refractivity contribution in [3.63, 3.8) is 0 Å². The number of rotatable bonds is 4. The van der Waals surface area contributed by atoms with Crippen LogP contribution in [0.5, 0.6) is 0 Å². The van der Waals surface area contributed by atoms with Gasteiger partial charge in [0.05, 0.1) is 0 Å². The summed E-state index contributed by atoms with van der Waals surface area (Å²) in [6, 6.07) is 0. The van der Waals surface area contributed by atoms with Gasteiger partial charge in [-0.3, -0.25) is 0 Å². The molecule has 0 aliphatic heterocycles. The Labute approximate surface area is 71.9 Å². The quantitative estimate of drug-likeness (QED) is 0.601. The summed E-state index contributed by atoms with van der Waals surface area (Å²) >= 11 is 0. The smallest absolute Gasteiger partial charge is 0.120 e. The van der Waals surface area contributed by atoms with Gasteiger partial charge in [-0.15, -0.1) is 0 Å². The summed E-state index contributed by atoms with van der Waals surface area (Å²) in [6.07, 6.45) is 8.60. The summed E-state index contributed by atoms with van der Waals surface area (Å²) in [5.41, 5.74) is 0.204. The molecule has 0 aliphatic rings. The van der Waals surface area contributed by atoms with Crippen LogP contribution in [0.15, 0.2) is 0 Å². The van der Waals surface area contributed by atoms with E-state index in [-0.39, 0.29) is 5.41 Å². The van der Waals surface area contributed by atoms with Gasteiger partial charge < -0.3 is 4.79 Å². The van der Waals surface area contributed by atoms with E-state index in [1.165, 1.54) is 5.75 Å². The summed E-state index contributed by atoms with van der Waals surface area (Å²) < 4.78 is 0. The fourth-order valence-electron chi connectivity index (χ4n) is 1.46. The summed E-state index contributed by atoms with van der Waals surface area (Å²) in [6.45, 7) is 4.33. The van der Waals surface area contributed by atoms with Gasteiger partial charge in [-0.1, -0.05) is 13.8 Å². The Kier molecular flexibility index (Phi) is 3.62. The van der Waals surface area contributed by atoms with Gasteiger partial charge in [0.2, 0.25) is 0 Å². The van der Waals surface area contributed by atoms with Gasteiger partial charge in [0, 0.05) is 6.42 Å². The van der Waals surface area contributed by atoms with Gasteiger partial charge in [0.1, 0.15) is 6.29 Å². The van der Waals surface area contributed by atoms with Crippen LogP contribution in [0.25, 0.3) is 0 Å². The molecule has 0 radical (unpaired) electrons. The lowest BCUT2D eigenvalue weighted by molar-refractivity contribution is -0.109. The second kappa shape index (κ2) is 3.61. The van der Waals surface area contributed by atoms with Crippen LogP contribution in [0.2, 0.25) is 0 Å². The topological polar surface area (TPSA) is 17.1 Å². The molecule has 0 unspecified atom stereocenters. The highest BCUT2D eigenvalue weighted by Gasteiger charge is 2.21. The second-order valence-corrected chi connectivity index (χ2v) is 9.24. The van der Waals surface area contributed by atoms with Crippen LogP contribution in [0.4, 0.5) is 0 Å². The first kappa shape index (κ1) is 11.0. The molecule has 0 aromatic carbocycles. The predicted octanol–water partition coefficient (Wildman–Crippen LogP) is 2.30. The summed E-state index contributed by atoms with van der Waals surface area (Å²) in [5, 5.41) is 0. The number of aldehydes is 1. The molecule has 11 heavy (non-hydrogen) atoms. The van der Waals surface area contributed by atoms with Crippen molar-refractivity contribution in [1.82, 2.24) is 0 Å². The van der Waals surface area contributed by atoms with E-state index in [1.807, 2.05) is 0 Å². The van der Waals surface area contributed by atoms with Crippen molar-refractivity contribution < 1.29 is 4.79 Å². The highest BCUT2D eigenvalue weighted by Crippen LogP contribution is 2.42. The van der Waals surface area contributed by atoms with E-state index >= 15 is 0 Å². The Balaban J connectivity index is 4.00. The largest absolute Gasteiger partial charge is 0.303 e. The Morgan fingerprint density at radius 1 is 1.27 bits per heavy atom. The maximum atomic E-state index is 10.3. The lowest BCUT2D eigenvalue weighted by atomic mass is 9.93. The van der Waals surface area contributed by atoms with E-state index < -0.39 is 10.0 Å². The summed E-state index contributed by atoms with van der Waals surface area (Å²) in [4.78, 5) is 10.3. The van der Waals surface area contributed by atoms with Gasteiger partial charge in [-0.05, 0) is 29.9 Å². The third kappa shape index (κ3) is 6.42. The Hall–Kier alpha value is 0.0200. The van der Waals surface area contributed by atoms with Crippen LogP contribution in [0.1, 0.15) is 20.3 Å². The fraction of sp³-hybridized carbons (Fsp3) is 0.889. The van der Waals surface area contributed by atoms with E-state index in [2.05, 4.69) is 32.6 Å². The standard InChI is InChI=1S/C9H20OS/c1-9(2,6-7-10)8-11(3,4)5/h7H,6,8H2,1-5H3. The van der Waals surface area contributed by atoms with Crippen molar-refractivity contribution in [2.24, 2.45) is 5.41 Å². The lowest BCUT2D eigenvalue weighted by Crippen LogP contribution is -2.21. The molecule has 0 bridgehead atoms. The SMILES string of the molecule is CC(C)(CC=O)CS(C)(C)C. The van der Waals surface area contributed by atoms with Crippen molar-refractivity contribution in [3.05, 3.63) is 0 Å². The van der Waals surface area contributed by atoms with Gasteiger partial charge in [-0.25, -0.2) is 10.0 Å². The first-order chi connectivity index (χ1) is 4.77. The third-order valence-corrected chi connectivity index (χ3v) is 3.11. The average molecular weight is 176 g/mol. The summed E-state index contributed by atoms with van der Waals surface area (Å²) in [5.74, 6) is 1.18. The molecular formula is C9H20OS. The molecule has 0 amide bonds. The fourth-order valence-corrected chi connectivity index (χ4v) is 3.92. The van der Waals surface area contributed by atoms with Crippen LogP contribution in [-0.2, 0) is 4.79 Å². The number of hydrogen-bond donors (Lipinski definition) is 0. The van der Waals surface area contributed by atoms with Gasteiger partial charge in [0.15, 0.2) is 0 Å². The van der Waals surface area contributed by atoms with Crippen molar-refractivity contribution in [1.29, 1.82) is 0 Å². The maximum absolute atomic E-state index is 10.3.